The van der Waals surface area contributed by atoms with Crippen molar-refractivity contribution in [2.75, 3.05) is 55.4 Å². The zero-order valence-corrected chi connectivity index (χ0v) is 60.5. The molecule has 0 radical (unpaired) electrons. The van der Waals surface area contributed by atoms with Gasteiger partial charge in [-0.2, -0.15) is 0 Å². The average Bonchev–Trinajstić information content (AvgIpc) is 0.812. The molecule has 100 heavy (non-hydrogen) atoms. The number of anilines is 3. The first-order valence-electron chi connectivity index (χ1n) is 33.3. The second kappa shape index (κ2) is 43.4. The number of rotatable bonds is 37. The minimum Gasteiger partial charge on any atom is -0.495 e. The predicted octanol–water partition coefficient (Wildman–Crippen LogP) is 14.0. The summed E-state index contributed by atoms with van der Waals surface area (Å²) >= 11 is 6.37. The minimum absolute atomic E-state index is 0.0144. The normalized spacial score (nSPS) is 11.8. The molecule has 0 saturated heterocycles. The number of nitrogens with one attached hydrogen (secondary N) is 5. The Labute approximate surface area is 593 Å². The molecule has 0 aliphatic carbocycles. The van der Waals surface area contributed by atoms with Crippen LogP contribution in [-0.4, -0.2) is 124 Å². The van der Waals surface area contributed by atoms with Crippen LogP contribution in [-0.2, 0) is 29.2 Å². The average molecular weight is 1410 g/mol. The second-order valence-corrected chi connectivity index (χ2v) is 25.6. The van der Waals surface area contributed by atoms with E-state index in [9.17, 15) is 42.0 Å². The van der Waals surface area contributed by atoms with Gasteiger partial charge in [-0.3, -0.25) is 48.0 Å². The Bertz CT molecular complexity index is 3860. The Balaban J connectivity index is 0.000000379. The van der Waals surface area contributed by atoms with Crippen LogP contribution in [0.15, 0.2) is 121 Å². The van der Waals surface area contributed by atoms with Crippen LogP contribution in [0, 0.1) is 33.9 Å². The van der Waals surface area contributed by atoms with Crippen molar-refractivity contribution < 1.29 is 65.7 Å². The Hall–Kier alpha value is -10.0. The molecule has 1 aromatic heterocycles. The van der Waals surface area contributed by atoms with E-state index in [1.807, 2.05) is 62.9 Å². The summed E-state index contributed by atoms with van der Waals surface area (Å²) in [6.45, 7) is 30.9. The van der Waals surface area contributed by atoms with Crippen LogP contribution in [0.3, 0.4) is 0 Å². The number of methoxy groups -OCH3 is 1. The fourth-order valence-electron chi connectivity index (χ4n) is 9.72. The fourth-order valence-corrected chi connectivity index (χ4v) is 10.4. The lowest BCUT2D eigenvalue weighted by Gasteiger charge is -2.23. The van der Waals surface area contributed by atoms with Gasteiger partial charge < -0.3 is 49.9 Å². The molecule has 5 amide bonds. The lowest BCUT2D eigenvalue weighted by atomic mass is 10.0. The molecule has 5 N–H and O–H groups in total. The van der Waals surface area contributed by atoms with Gasteiger partial charge in [0, 0.05) is 68.7 Å². The predicted molar refractivity (Wildman–Crippen MR) is 389 cm³/mol. The van der Waals surface area contributed by atoms with Gasteiger partial charge in [-0.1, -0.05) is 138 Å². The van der Waals surface area contributed by atoms with E-state index in [1.165, 1.54) is 127 Å². The molecule has 4 unspecified atom stereocenters. The number of likely N-dealkylation sites (N-methyl/N-ethyl adjacent to an activating group) is 1. The van der Waals surface area contributed by atoms with Crippen molar-refractivity contribution in [3.63, 3.8) is 0 Å². The summed E-state index contributed by atoms with van der Waals surface area (Å²) in [5, 5.41) is 10.5. The van der Waals surface area contributed by atoms with Crippen LogP contribution in [0.25, 0.3) is 9.69 Å². The lowest BCUT2D eigenvalue weighted by molar-refractivity contribution is -0.125. The molecule has 0 saturated carbocycles. The third kappa shape index (κ3) is 28.4. The number of carbonyl (C=O) groups is 7. The number of Topliss-reactive ketones (excluding diaryl/α,β-unsaturated/α-hetero) is 2. The molecule has 6 aromatic rings. The Kier molecular flexibility index (Phi) is 35.7. The number of nitrogens with zero attached hydrogens (tertiary/aromatic N) is 4. The number of hydrogen-bond donors (Lipinski definition) is 5. The summed E-state index contributed by atoms with van der Waals surface area (Å²) in [6.07, 6.45) is 12.1. The molecule has 6 rings (SSSR count). The van der Waals surface area contributed by atoms with Crippen LogP contribution in [0.4, 0.5) is 17.1 Å². The summed E-state index contributed by atoms with van der Waals surface area (Å²) in [4.78, 5) is 102. The molecular formula is C75H94ClN9O14S. The van der Waals surface area contributed by atoms with E-state index in [0.29, 0.717) is 35.7 Å². The molecule has 0 bridgehead atoms. The van der Waals surface area contributed by atoms with Gasteiger partial charge in [-0.15, -0.1) is 0 Å². The van der Waals surface area contributed by atoms with Crippen LogP contribution in [0.5, 0.6) is 28.9 Å². The SMILES string of the molecule is CCNC(=O)c1ccc(Cl)c(NC(=O)C(Oc2cccc(NC(=O)C(CC)Oc3ccc(C)cc3C)c2)C(=O)c2ccc(OC)c(NS(C)(=O)=O)c2)c1.[C-]#[N+]C(Oc1ccc(C(=O)N(CCCCCCCC)CCCCCCCC)cn1)C(C)=O.[C-]#[N+]C(Oc1ccc(C)cc1)C(=O)NC. The second-order valence-electron chi connectivity index (χ2n) is 23.4. The smallest absolute Gasteiger partial charge is 0.446 e. The van der Waals surface area contributed by atoms with Gasteiger partial charge in [-0.25, -0.2) is 26.5 Å². The van der Waals surface area contributed by atoms with Gasteiger partial charge >= 0.3 is 18.4 Å². The summed E-state index contributed by atoms with van der Waals surface area (Å²) in [5.74, 6) is -2.05. The zero-order chi connectivity index (χ0) is 73.7. The highest BCUT2D eigenvalue weighted by Crippen LogP contribution is 2.30. The van der Waals surface area contributed by atoms with E-state index >= 15 is 0 Å². The quantitative estimate of drug-likeness (QED) is 0.0105. The van der Waals surface area contributed by atoms with Crippen LogP contribution >= 0.6 is 11.6 Å². The number of halogens is 1. The molecule has 1 heterocycles. The first-order valence-corrected chi connectivity index (χ1v) is 35.6. The summed E-state index contributed by atoms with van der Waals surface area (Å²) in [5.41, 5.74) is 3.94. The zero-order valence-electron chi connectivity index (χ0n) is 59.0. The molecule has 23 nitrogen and oxygen atoms in total. The van der Waals surface area contributed by atoms with E-state index in [-0.39, 0.29) is 56.6 Å². The third-order valence-electron chi connectivity index (χ3n) is 15.1. The molecule has 536 valence electrons. The lowest BCUT2D eigenvalue weighted by Crippen LogP contribution is -2.40. The Morgan fingerprint density at radius 2 is 1.21 bits per heavy atom. The molecule has 5 aromatic carbocycles. The van der Waals surface area contributed by atoms with Gasteiger partial charge in [0.1, 0.15) is 23.0 Å². The number of aromatic nitrogens is 1. The van der Waals surface area contributed by atoms with Crippen molar-refractivity contribution in [1.82, 2.24) is 20.5 Å². The number of ether oxygens (including phenoxy) is 5. The van der Waals surface area contributed by atoms with Crippen LogP contribution < -0.4 is 49.7 Å². The van der Waals surface area contributed by atoms with Crippen molar-refractivity contribution in [2.45, 2.75) is 164 Å². The van der Waals surface area contributed by atoms with Crippen molar-refractivity contribution in [3.05, 3.63) is 183 Å². The van der Waals surface area contributed by atoms with Gasteiger partial charge in [0.25, 0.3) is 29.4 Å². The number of aryl methyl sites for hydroxylation is 3. The Morgan fingerprint density at radius 1 is 0.610 bits per heavy atom. The highest BCUT2D eigenvalue weighted by Gasteiger charge is 2.33. The van der Waals surface area contributed by atoms with Gasteiger partial charge in [0.05, 0.1) is 35.3 Å². The van der Waals surface area contributed by atoms with Gasteiger partial charge in [0.15, 0.2) is 6.10 Å². The van der Waals surface area contributed by atoms with Crippen LogP contribution in [0.1, 0.15) is 166 Å². The highest BCUT2D eigenvalue weighted by atomic mass is 35.5. The molecular weight excluding hydrogens is 1320 g/mol. The summed E-state index contributed by atoms with van der Waals surface area (Å²) in [7, 11) is -0.989. The summed E-state index contributed by atoms with van der Waals surface area (Å²) in [6, 6.07) is 30.3. The van der Waals surface area contributed by atoms with E-state index in [2.05, 4.69) is 54.5 Å². The highest BCUT2D eigenvalue weighted by molar-refractivity contribution is 7.92. The third-order valence-corrected chi connectivity index (χ3v) is 16.0. The Morgan fingerprint density at radius 3 is 1.77 bits per heavy atom. The maximum atomic E-state index is 14.1. The first-order chi connectivity index (χ1) is 47.8. The summed E-state index contributed by atoms with van der Waals surface area (Å²) < 4.78 is 54.2. The molecule has 0 aliphatic heterocycles. The maximum absolute atomic E-state index is 14.1. The first kappa shape index (κ1) is 82.4. The number of sulfonamides is 1. The molecule has 0 spiro atoms. The van der Waals surface area contributed by atoms with E-state index in [4.69, 9.17) is 48.4 Å². The number of pyridine rings is 1. The topological polar surface area (TPSA) is 285 Å². The largest absolute Gasteiger partial charge is 0.495 e. The molecule has 0 aliphatic rings. The van der Waals surface area contributed by atoms with Crippen molar-refractivity contribution in [2.24, 2.45) is 0 Å². The van der Waals surface area contributed by atoms with Crippen LogP contribution in [0.2, 0.25) is 5.02 Å². The molecule has 25 heteroatoms. The number of benzene rings is 5. The van der Waals surface area contributed by atoms with E-state index < -0.39 is 64.1 Å². The van der Waals surface area contributed by atoms with Crippen molar-refractivity contribution in [3.8, 4) is 28.9 Å². The number of carbonyl (C=O) groups excluding carboxylic acids is 7. The number of amides is 5. The van der Waals surface area contributed by atoms with Gasteiger partial charge in [-0.05, 0) is 125 Å². The van der Waals surface area contributed by atoms with Crippen molar-refractivity contribution in [1.29, 1.82) is 0 Å². The standard InChI is InChI=1S/C38H41ClN4O9S.C26H41N3O3.C11H12N2O2/c1-7-31(52-32-16-12-22(3)18-23(32)4)37(46)41-26-10-9-11-27(21-26)51-35(34(44)24-14-17-33(50-5)30(19-24)43-53(6,48)49)38(47)42-29-20-25(13-15-28(29)39)36(45)40-8-2;1-5-7-9-11-13-15-19-29(20-16-14-12-10-8-6-2)26(31)23-17-18-24(28-21-23)32-25(27-4)22(3)30;1-8-4-6-9(7-5-8)15-11(13-3)10(14)12-2/h9-21,31,35,43H,7-8H2,1-6H3,(H,40,45)(H,41,46)(H,42,47);17-18,21,25H,5-16,19-20H2,1-3H3;4-7,11H,1-2H3,(H,12,14). The minimum atomic E-state index is -3.79. The molecule has 0 fully saturated rings. The number of hydrogen-bond acceptors (Lipinski definition) is 15. The fraction of sp³-hybridized carbons (Fsp3) is 0.413. The monoisotopic (exact) mass is 1410 g/mol. The van der Waals surface area contributed by atoms with Crippen molar-refractivity contribution >= 4 is 79.8 Å². The molecule has 4 atom stereocenters. The van der Waals surface area contributed by atoms with Gasteiger partial charge in [0.2, 0.25) is 27.8 Å². The number of ketones is 2. The number of unbranched alkanes of at least 4 members (excludes halogenated alkanes) is 10. The van der Waals surface area contributed by atoms with E-state index in [1.54, 1.807) is 43.3 Å². The maximum Gasteiger partial charge on any atom is 0.446 e. The van der Waals surface area contributed by atoms with E-state index in [0.717, 1.165) is 61.7 Å².